The molecular weight excluding hydrogens is 192 g/mol. The summed E-state index contributed by atoms with van der Waals surface area (Å²) in [6.07, 6.45) is 3.04. The molecule has 1 atom stereocenters. The van der Waals surface area contributed by atoms with E-state index in [1.54, 1.807) is 0 Å². The summed E-state index contributed by atoms with van der Waals surface area (Å²) in [5, 5.41) is 17.5. The molecule has 0 saturated carbocycles. The van der Waals surface area contributed by atoms with Gasteiger partial charge in [0, 0.05) is 0 Å². The molecule has 1 aromatic rings. The van der Waals surface area contributed by atoms with Crippen LogP contribution in [0, 0.1) is 0 Å². The van der Waals surface area contributed by atoms with Crippen LogP contribution in [0.3, 0.4) is 0 Å². The van der Waals surface area contributed by atoms with Gasteiger partial charge in [0.25, 0.3) is 0 Å². The maximum atomic E-state index is 8.98. The van der Waals surface area contributed by atoms with Crippen molar-refractivity contribution >= 4 is 6.08 Å². The molecule has 0 aliphatic carbocycles. The van der Waals surface area contributed by atoms with Gasteiger partial charge in [0.15, 0.2) is 0 Å². The summed E-state index contributed by atoms with van der Waals surface area (Å²) in [6.45, 7) is 0.337. The summed E-state index contributed by atoms with van der Waals surface area (Å²) in [6, 6.07) is 9.90. The van der Waals surface area contributed by atoms with E-state index in [-0.39, 0.29) is 13.2 Å². The zero-order valence-corrected chi connectivity index (χ0v) is 8.54. The van der Waals surface area contributed by atoms with E-state index in [0.717, 1.165) is 5.56 Å². The third-order valence-corrected chi connectivity index (χ3v) is 1.84. The summed E-state index contributed by atoms with van der Waals surface area (Å²) >= 11 is 0. The first-order valence-corrected chi connectivity index (χ1v) is 4.91. The Morgan fingerprint density at radius 3 is 2.67 bits per heavy atom. The minimum absolute atomic E-state index is 0.162. The lowest BCUT2D eigenvalue weighted by atomic mass is 10.2. The standard InChI is InChI=1S/C12H16O3/c13-9-12(14)10-15-8-4-7-11-5-2-1-3-6-11/h1-7,12-14H,8-10H2. The molecule has 0 aliphatic rings. The third-order valence-electron chi connectivity index (χ3n) is 1.84. The van der Waals surface area contributed by atoms with Gasteiger partial charge in [-0.05, 0) is 5.56 Å². The van der Waals surface area contributed by atoms with Crippen molar-refractivity contribution in [2.75, 3.05) is 19.8 Å². The Morgan fingerprint density at radius 1 is 1.27 bits per heavy atom. The Morgan fingerprint density at radius 2 is 2.00 bits per heavy atom. The number of rotatable bonds is 6. The van der Waals surface area contributed by atoms with E-state index in [0.29, 0.717) is 6.61 Å². The number of hydrogen-bond donors (Lipinski definition) is 2. The lowest BCUT2D eigenvalue weighted by Crippen LogP contribution is -2.19. The van der Waals surface area contributed by atoms with Crippen LogP contribution in [0.4, 0.5) is 0 Å². The molecule has 0 bridgehead atoms. The Bertz CT molecular complexity index is 282. The second kappa shape index (κ2) is 7.17. The van der Waals surface area contributed by atoms with Crippen LogP contribution >= 0.6 is 0 Å². The SMILES string of the molecule is OCC(O)COCC=Cc1ccccc1. The molecule has 0 spiro atoms. The van der Waals surface area contributed by atoms with Gasteiger partial charge < -0.3 is 14.9 Å². The predicted octanol–water partition coefficient (Wildman–Crippen LogP) is 1.07. The van der Waals surface area contributed by atoms with Crippen molar-refractivity contribution in [2.45, 2.75) is 6.10 Å². The molecule has 1 rings (SSSR count). The molecule has 0 heterocycles. The highest BCUT2D eigenvalue weighted by Crippen LogP contribution is 2.00. The third kappa shape index (κ3) is 5.32. The molecule has 0 saturated heterocycles. The monoisotopic (exact) mass is 208 g/mol. The second-order valence-corrected chi connectivity index (χ2v) is 3.19. The van der Waals surface area contributed by atoms with Crippen LogP contribution in [0.1, 0.15) is 5.56 Å². The smallest absolute Gasteiger partial charge is 0.100 e. The van der Waals surface area contributed by atoms with Crippen molar-refractivity contribution in [3.8, 4) is 0 Å². The molecular formula is C12H16O3. The molecule has 0 fully saturated rings. The van der Waals surface area contributed by atoms with Crippen LogP contribution in [0.25, 0.3) is 6.08 Å². The number of aliphatic hydroxyl groups is 2. The largest absolute Gasteiger partial charge is 0.394 e. The zero-order chi connectivity index (χ0) is 10.9. The Kier molecular flexibility index (Phi) is 5.70. The van der Waals surface area contributed by atoms with Gasteiger partial charge in [-0.25, -0.2) is 0 Å². The topological polar surface area (TPSA) is 49.7 Å². The molecule has 0 radical (unpaired) electrons. The van der Waals surface area contributed by atoms with Gasteiger partial charge >= 0.3 is 0 Å². The van der Waals surface area contributed by atoms with Gasteiger partial charge in [-0.1, -0.05) is 42.5 Å². The van der Waals surface area contributed by atoms with Crippen molar-refractivity contribution in [1.82, 2.24) is 0 Å². The summed E-state index contributed by atoms with van der Waals surface area (Å²) in [7, 11) is 0. The summed E-state index contributed by atoms with van der Waals surface area (Å²) in [4.78, 5) is 0. The van der Waals surface area contributed by atoms with Crippen LogP contribution in [-0.2, 0) is 4.74 Å². The Labute approximate surface area is 89.6 Å². The average molecular weight is 208 g/mol. The van der Waals surface area contributed by atoms with Gasteiger partial charge in [0.05, 0.1) is 19.8 Å². The van der Waals surface area contributed by atoms with E-state index in [2.05, 4.69) is 0 Å². The summed E-state index contributed by atoms with van der Waals surface area (Å²) < 4.78 is 5.11. The molecule has 0 amide bonds. The molecule has 0 aliphatic heterocycles. The van der Waals surface area contributed by atoms with Crippen molar-refractivity contribution in [2.24, 2.45) is 0 Å². The minimum Gasteiger partial charge on any atom is -0.394 e. The normalized spacial score (nSPS) is 13.2. The fourth-order valence-electron chi connectivity index (χ4n) is 1.07. The average Bonchev–Trinajstić information content (AvgIpc) is 2.29. The van der Waals surface area contributed by atoms with Gasteiger partial charge in [0.2, 0.25) is 0 Å². The lowest BCUT2D eigenvalue weighted by molar-refractivity contribution is 0.0151. The highest BCUT2D eigenvalue weighted by molar-refractivity contribution is 5.48. The molecule has 3 heteroatoms. The van der Waals surface area contributed by atoms with Gasteiger partial charge in [-0.15, -0.1) is 0 Å². The fourth-order valence-corrected chi connectivity index (χ4v) is 1.07. The minimum atomic E-state index is -0.782. The first kappa shape index (κ1) is 11.9. The molecule has 15 heavy (non-hydrogen) atoms. The van der Waals surface area contributed by atoms with Crippen molar-refractivity contribution in [3.63, 3.8) is 0 Å². The van der Waals surface area contributed by atoms with Crippen molar-refractivity contribution in [3.05, 3.63) is 42.0 Å². The van der Waals surface area contributed by atoms with Crippen LogP contribution in [0.2, 0.25) is 0 Å². The van der Waals surface area contributed by atoms with E-state index < -0.39 is 6.10 Å². The molecule has 1 aromatic carbocycles. The van der Waals surface area contributed by atoms with Crippen LogP contribution in [-0.4, -0.2) is 36.1 Å². The van der Waals surface area contributed by atoms with E-state index in [1.807, 2.05) is 42.5 Å². The summed E-state index contributed by atoms with van der Waals surface area (Å²) in [5.41, 5.74) is 1.11. The number of ether oxygens (including phenoxy) is 1. The number of hydrogen-bond acceptors (Lipinski definition) is 3. The highest BCUT2D eigenvalue weighted by Gasteiger charge is 1.99. The van der Waals surface area contributed by atoms with E-state index in [1.165, 1.54) is 0 Å². The van der Waals surface area contributed by atoms with Gasteiger partial charge in [-0.2, -0.15) is 0 Å². The van der Waals surface area contributed by atoms with Crippen molar-refractivity contribution < 1.29 is 14.9 Å². The lowest BCUT2D eigenvalue weighted by Gasteiger charge is -2.05. The maximum Gasteiger partial charge on any atom is 0.100 e. The summed E-state index contributed by atoms with van der Waals surface area (Å²) in [5.74, 6) is 0. The first-order chi connectivity index (χ1) is 7.33. The van der Waals surface area contributed by atoms with Crippen LogP contribution < -0.4 is 0 Å². The van der Waals surface area contributed by atoms with E-state index >= 15 is 0 Å². The fraction of sp³-hybridized carbons (Fsp3) is 0.333. The quantitative estimate of drug-likeness (QED) is 0.687. The van der Waals surface area contributed by atoms with Crippen LogP contribution in [0.15, 0.2) is 36.4 Å². The van der Waals surface area contributed by atoms with Gasteiger partial charge in [-0.3, -0.25) is 0 Å². The second-order valence-electron chi connectivity index (χ2n) is 3.19. The molecule has 0 aromatic heterocycles. The van der Waals surface area contributed by atoms with Crippen molar-refractivity contribution in [1.29, 1.82) is 0 Å². The number of benzene rings is 1. The van der Waals surface area contributed by atoms with Crippen LogP contribution in [0.5, 0.6) is 0 Å². The first-order valence-electron chi connectivity index (χ1n) is 4.91. The Balaban J connectivity index is 2.18. The predicted molar refractivity (Wildman–Crippen MR) is 59.4 cm³/mol. The van der Waals surface area contributed by atoms with Gasteiger partial charge in [0.1, 0.15) is 6.10 Å². The van der Waals surface area contributed by atoms with E-state index in [9.17, 15) is 0 Å². The molecule has 82 valence electrons. The Hall–Kier alpha value is -1.16. The maximum absolute atomic E-state index is 8.98. The molecule has 3 nitrogen and oxygen atoms in total. The molecule has 2 N–H and O–H groups in total. The zero-order valence-electron chi connectivity index (χ0n) is 8.54. The highest BCUT2D eigenvalue weighted by atomic mass is 16.5. The van der Waals surface area contributed by atoms with E-state index in [4.69, 9.17) is 14.9 Å². The molecule has 1 unspecified atom stereocenters. The number of aliphatic hydroxyl groups excluding tert-OH is 2.